The van der Waals surface area contributed by atoms with Gasteiger partial charge in [-0.25, -0.2) is 0 Å². The highest BCUT2D eigenvalue weighted by Crippen LogP contribution is 1.88. The van der Waals surface area contributed by atoms with Crippen molar-refractivity contribution in [2.75, 3.05) is 13.2 Å². The molecule has 1 rings (SSSR count). The maximum absolute atomic E-state index is 9.82. The van der Waals surface area contributed by atoms with Gasteiger partial charge in [0.05, 0.1) is 6.61 Å². The molecule has 0 aromatic carbocycles. The second kappa shape index (κ2) is 2.04. The van der Waals surface area contributed by atoms with Crippen molar-refractivity contribution < 1.29 is 9.53 Å². The first-order valence-corrected chi connectivity index (χ1v) is 2.24. The Morgan fingerprint density at radius 1 is 1.86 bits per heavy atom. The van der Waals surface area contributed by atoms with E-state index in [-0.39, 0.29) is 6.23 Å². The Labute approximate surface area is 41.7 Å². The Bertz CT molecular complexity index is 68.1. The maximum atomic E-state index is 9.82. The van der Waals surface area contributed by atoms with Crippen molar-refractivity contribution >= 4 is 6.29 Å². The maximum Gasteiger partial charge on any atom is 0.164 e. The van der Waals surface area contributed by atoms with E-state index < -0.39 is 0 Å². The largest absolute Gasteiger partial charge is 0.355 e. The summed E-state index contributed by atoms with van der Waals surface area (Å²) in [6.45, 7) is 1.45. The van der Waals surface area contributed by atoms with Crippen LogP contribution in [0.2, 0.25) is 0 Å². The second-order valence-electron chi connectivity index (χ2n) is 1.38. The molecule has 3 nitrogen and oxygen atoms in total. The van der Waals surface area contributed by atoms with E-state index in [1.807, 2.05) is 0 Å². The quantitative estimate of drug-likeness (QED) is 0.436. The SMILES string of the molecule is O=C[C@@H]1NCCO1. The molecule has 40 valence electrons. The average molecular weight is 101 g/mol. The molecular formula is C4H7NO2. The Balaban J connectivity index is 2.26. The Kier molecular flexibility index (Phi) is 1.38. The molecule has 7 heavy (non-hydrogen) atoms. The molecule has 0 aromatic heterocycles. The van der Waals surface area contributed by atoms with Crippen LogP contribution in [0, 0.1) is 0 Å². The number of hydrogen-bond acceptors (Lipinski definition) is 3. The fourth-order valence-corrected chi connectivity index (χ4v) is 0.533. The van der Waals surface area contributed by atoms with E-state index in [2.05, 4.69) is 5.32 Å². The molecule has 1 heterocycles. The molecule has 0 aliphatic carbocycles. The van der Waals surface area contributed by atoms with Gasteiger partial charge >= 0.3 is 0 Å². The number of aldehydes is 1. The van der Waals surface area contributed by atoms with Crippen molar-refractivity contribution in [3.05, 3.63) is 0 Å². The van der Waals surface area contributed by atoms with E-state index in [0.717, 1.165) is 12.8 Å². The lowest BCUT2D eigenvalue weighted by molar-refractivity contribution is -0.116. The highest BCUT2D eigenvalue weighted by atomic mass is 16.5. The van der Waals surface area contributed by atoms with Crippen molar-refractivity contribution in [3.8, 4) is 0 Å². The van der Waals surface area contributed by atoms with Crippen LogP contribution in [0.15, 0.2) is 0 Å². The van der Waals surface area contributed by atoms with Gasteiger partial charge in [0.2, 0.25) is 0 Å². The number of hydrogen-bond donors (Lipinski definition) is 1. The van der Waals surface area contributed by atoms with E-state index >= 15 is 0 Å². The number of carbonyl (C=O) groups excluding carboxylic acids is 1. The smallest absolute Gasteiger partial charge is 0.164 e. The van der Waals surface area contributed by atoms with Gasteiger partial charge in [-0.3, -0.25) is 10.1 Å². The Morgan fingerprint density at radius 2 is 2.71 bits per heavy atom. The molecule has 0 bridgehead atoms. The molecule has 1 N–H and O–H groups in total. The van der Waals surface area contributed by atoms with Crippen LogP contribution < -0.4 is 5.32 Å². The second-order valence-corrected chi connectivity index (χ2v) is 1.38. The van der Waals surface area contributed by atoms with Gasteiger partial charge in [-0.1, -0.05) is 0 Å². The summed E-state index contributed by atoms with van der Waals surface area (Å²) in [7, 11) is 0. The fourth-order valence-electron chi connectivity index (χ4n) is 0.533. The molecule has 1 atom stereocenters. The number of ether oxygens (including phenoxy) is 1. The van der Waals surface area contributed by atoms with Crippen LogP contribution in [0.25, 0.3) is 0 Å². The molecule has 0 radical (unpaired) electrons. The van der Waals surface area contributed by atoms with Crippen molar-refractivity contribution in [1.82, 2.24) is 5.32 Å². The minimum atomic E-state index is -0.333. The summed E-state index contributed by atoms with van der Waals surface area (Å²) in [5, 5.41) is 2.82. The predicted molar refractivity (Wildman–Crippen MR) is 23.8 cm³/mol. The van der Waals surface area contributed by atoms with E-state index in [4.69, 9.17) is 4.74 Å². The highest BCUT2D eigenvalue weighted by molar-refractivity contribution is 5.55. The Morgan fingerprint density at radius 3 is 3.00 bits per heavy atom. The normalized spacial score (nSPS) is 30.6. The summed E-state index contributed by atoms with van der Waals surface area (Å²) < 4.78 is 4.82. The number of carbonyl (C=O) groups is 1. The molecule has 1 aliphatic heterocycles. The third-order valence-corrected chi connectivity index (χ3v) is 0.869. The van der Waals surface area contributed by atoms with Gasteiger partial charge in [0, 0.05) is 6.54 Å². The molecular weight excluding hydrogens is 94.0 g/mol. The predicted octanol–water partition coefficient (Wildman–Crippen LogP) is -0.869. The van der Waals surface area contributed by atoms with Gasteiger partial charge < -0.3 is 4.74 Å². The van der Waals surface area contributed by atoms with E-state index in [1.165, 1.54) is 0 Å². The van der Waals surface area contributed by atoms with Crippen LogP contribution in [0.5, 0.6) is 0 Å². The molecule has 1 aliphatic rings. The van der Waals surface area contributed by atoms with Gasteiger partial charge in [0.25, 0.3) is 0 Å². The minimum Gasteiger partial charge on any atom is -0.355 e. The van der Waals surface area contributed by atoms with Crippen LogP contribution in [-0.4, -0.2) is 25.7 Å². The molecule has 3 heteroatoms. The lowest BCUT2D eigenvalue weighted by Crippen LogP contribution is -2.23. The molecule has 0 spiro atoms. The molecule has 1 saturated heterocycles. The minimum absolute atomic E-state index is 0.333. The van der Waals surface area contributed by atoms with Gasteiger partial charge in [0.1, 0.15) is 0 Å². The van der Waals surface area contributed by atoms with Crippen LogP contribution in [0.1, 0.15) is 0 Å². The van der Waals surface area contributed by atoms with Crippen LogP contribution in [0.3, 0.4) is 0 Å². The van der Waals surface area contributed by atoms with Crippen molar-refractivity contribution in [2.45, 2.75) is 6.23 Å². The van der Waals surface area contributed by atoms with Gasteiger partial charge in [-0.2, -0.15) is 0 Å². The van der Waals surface area contributed by atoms with Gasteiger partial charge in [-0.15, -0.1) is 0 Å². The first-order chi connectivity index (χ1) is 3.43. The van der Waals surface area contributed by atoms with E-state index in [9.17, 15) is 4.79 Å². The van der Waals surface area contributed by atoms with Crippen LogP contribution in [-0.2, 0) is 9.53 Å². The van der Waals surface area contributed by atoms with Crippen molar-refractivity contribution in [1.29, 1.82) is 0 Å². The zero-order valence-corrected chi connectivity index (χ0v) is 3.89. The highest BCUT2D eigenvalue weighted by Gasteiger charge is 2.10. The number of nitrogens with one attached hydrogen (secondary N) is 1. The summed E-state index contributed by atoms with van der Waals surface area (Å²) in [4.78, 5) is 9.82. The average Bonchev–Trinajstić information content (AvgIpc) is 2.14. The molecule has 0 amide bonds. The number of rotatable bonds is 1. The van der Waals surface area contributed by atoms with E-state index in [0.29, 0.717) is 6.61 Å². The lowest BCUT2D eigenvalue weighted by Gasteiger charge is -1.94. The van der Waals surface area contributed by atoms with Crippen LogP contribution in [0.4, 0.5) is 0 Å². The van der Waals surface area contributed by atoms with Gasteiger partial charge in [-0.05, 0) is 0 Å². The monoisotopic (exact) mass is 101 g/mol. The zero-order valence-electron chi connectivity index (χ0n) is 3.89. The summed E-state index contributed by atoms with van der Waals surface area (Å²) in [6.07, 6.45) is 0.424. The van der Waals surface area contributed by atoms with E-state index in [1.54, 1.807) is 0 Å². The lowest BCUT2D eigenvalue weighted by atomic mass is 10.6. The molecule has 1 fully saturated rings. The summed E-state index contributed by atoms with van der Waals surface area (Å²) in [5.74, 6) is 0. The Hall–Kier alpha value is -0.410. The standard InChI is InChI=1S/C4H7NO2/c6-3-4-5-1-2-7-4/h3-5H,1-2H2/t4-/m1/s1. The van der Waals surface area contributed by atoms with Crippen LogP contribution >= 0.6 is 0 Å². The third kappa shape index (κ3) is 0.976. The fraction of sp³-hybridized carbons (Fsp3) is 0.750. The molecule has 0 unspecified atom stereocenters. The molecule has 0 saturated carbocycles. The summed E-state index contributed by atoms with van der Waals surface area (Å²) in [6, 6.07) is 0. The summed E-state index contributed by atoms with van der Waals surface area (Å²) >= 11 is 0. The van der Waals surface area contributed by atoms with Crippen molar-refractivity contribution in [3.63, 3.8) is 0 Å². The van der Waals surface area contributed by atoms with Gasteiger partial charge in [0.15, 0.2) is 12.5 Å². The molecule has 0 aromatic rings. The van der Waals surface area contributed by atoms with Crippen molar-refractivity contribution in [2.24, 2.45) is 0 Å². The zero-order chi connectivity index (χ0) is 5.11. The third-order valence-electron chi connectivity index (χ3n) is 0.869. The first-order valence-electron chi connectivity index (χ1n) is 2.24. The first kappa shape index (κ1) is 4.74. The summed E-state index contributed by atoms with van der Waals surface area (Å²) in [5.41, 5.74) is 0. The topological polar surface area (TPSA) is 38.3 Å².